The predicted octanol–water partition coefficient (Wildman–Crippen LogP) is 3.15. The minimum atomic E-state index is -0.0239. The fourth-order valence-electron chi connectivity index (χ4n) is 3.50. The molecule has 3 aromatic rings. The minimum absolute atomic E-state index is 0.0239. The van der Waals surface area contributed by atoms with Crippen LogP contribution in [-0.4, -0.2) is 49.3 Å². The molecule has 6 nitrogen and oxygen atoms in total. The van der Waals surface area contributed by atoms with Crippen molar-refractivity contribution in [1.29, 1.82) is 0 Å². The van der Waals surface area contributed by atoms with E-state index in [0.717, 1.165) is 42.3 Å². The van der Waals surface area contributed by atoms with Gasteiger partial charge in [0.1, 0.15) is 0 Å². The van der Waals surface area contributed by atoms with Crippen molar-refractivity contribution >= 4 is 17.4 Å². The Morgan fingerprint density at radius 1 is 1.14 bits per heavy atom. The summed E-state index contributed by atoms with van der Waals surface area (Å²) in [5, 5.41) is 10.7. The molecule has 1 aliphatic rings. The maximum Gasteiger partial charge on any atom is 0.251 e. The number of carbonyl (C=O) groups excluding carboxylic acids is 1. The fraction of sp³-hybridized carbons (Fsp3) is 0.273. The molecule has 1 aromatic heterocycles. The van der Waals surface area contributed by atoms with Gasteiger partial charge in [0.25, 0.3) is 5.91 Å². The lowest BCUT2D eigenvalue weighted by atomic mass is 10.1. The van der Waals surface area contributed by atoms with E-state index in [1.54, 1.807) is 0 Å². The van der Waals surface area contributed by atoms with E-state index in [4.69, 9.17) is 0 Å². The predicted molar refractivity (Wildman–Crippen MR) is 113 cm³/mol. The summed E-state index contributed by atoms with van der Waals surface area (Å²) < 4.78 is 0. The highest BCUT2D eigenvalue weighted by atomic mass is 16.1. The van der Waals surface area contributed by atoms with Crippen molar-refractivity contribution in [1.82, 2.24) is 15.5 Å². The fourth-order valence-corrected chi connectivity index (χ4v) is 3.50. The Kier molecular flexibility index (Phi) is 5.02. The first-order valence-corrected chi connectivity index (χ1v) is 9.54. The van der Waals surface area contributed by atoms with Crippen molar-refractivity contribution in [2.24, 2.45) is 0 Å². The summed E-state index contributed by atoms with van der Waals surface area (Å²) in [5.74, 6) is 0.898. The Morgan fingerprint density at radius 2 is 1.89 bits per heavy atom. The zero-order valence-corrected chi connectivity index (χ0v) is 16.2. The van der Waals surface area contributed by atoms with Crippen LogP contribution in [0.1, 0.15) is 16.8 Å². The second-order valence-electron chi connectivity index (χ2n) is 7.35. The van der Waals surface area contributed by atoms with E-state index in [2.05, 4.69) is 38.6 Å². The van der Waals surface area contributed by atoms with Crippen molar-refractivity contribution in [2.75, 3.05) is 37.0 Å². The van der Waals surface area contributed by atoms with Crippen LogP contribution in [0.2, 0.25) is 0 Å². The van der Waals surface area contributed by atoms with Gasteiger partial charge < -0.3 is 15.1 Å². The summed E-state index contributed by atoms with van der Waals surface area (Å²) in [6.07, 6.45) is 0.912. The lowest BCUT2D eigenvalue weighted by Crippen LogP contribution is -2.37. The molecule has 1 aliphatic heterocycles. The van der Waals surface area contributed by atoms with Crippen molar-refractivity contribution in [3.05, 3.63) is 66.2 Å². The molecule has 1 saturated heterocycles. The molecule has 6 heteroatoms. The van der Waals surface area contributed by atoms with Crippen LogP contribution in [-0.2, 0) is 0 Å². The number of benzene rings is 2. The van der Waals surface area contributed by atoms with Gasteiger partial charge in [0.2, 0.25) is 0 Å². The lowest BCUT2D eigenvalue weighted by molar-refractivity contribution is 0.0940. The number of nitrogens with one attached hydrogen (secondary N) is 2. The number of carbonyl (C=O) groups is 1. The van der Waals surface area contributed by atoms with Gasteiger partial charge in [-0.25, -0.2) is 0 Å². The summed E-state index contributed by atoms with van der Waals surface area (Å²) in [7, 11) is 3.97. The third-order valence-corrected chi connectivity index (χ3v) is 5.14. The molecule has 4 rings (SSSR count). The molecule has 0 bridgehead atoms. The van der Waals surface area contributed by atoms with Crippen LogP contribution in [0.25, 0.3) is 11.3 Å². The molecule has 2 heterocycles. The molecule has 0 aliphatic carbocycles. The number of aromatic nitrogens is 2. The molecule has 2 N–H and O–H groups in total. The van der Waals surface area contributed by atoms with Crippen LogP contribution in [0.4, 0.5) is 11.5 Å². The molecule has 144 valence electrons. The number of amides is 1. The Hall–Kier alpha value is -3.28. The number of nitrogens with zero attached hydrogens (tertiary/aromatic N) is 3. The number of hydrogen-bond donors (Lipinski definition) is 2. The van der Waals surface area contributed by atoms with Gasteiger partial charge in [0.05, 0.1) is 5.69 Å². The Labute approximate surface area is 165 Å². The molecule has 1 atom stereocenters. The van der Waals surface area contributed by atoms with Gasteiger partial charge in [-0.2, -0.15) is 5.10 Å². The quantitative estimate of drug-likeness (QED) is 0.719. The molecule has 28 heavy (non-hydrogen) atoms. The van der Waals surface area contributed by atoms with Gasteiger partial charge in [-0.1, -0.05) is 30.3 Å². The average Bonchev–Trinajstić information content (AvgIpc) is 3.38. The van der Waals surface area contributed by atoms with Crippen LogP contribution < -0.4 is 15.1 Å². The molecule has 0 radical (unpaired) electrons. The van der Waals surface area contributed by atoms with Crippen LogP contribution >= 0.6 is 0 Å². The van der Waals surface area contributed by atoms with Crippen molar-refractivity contribution in [3.63, 3.8) is 0 Å². The topological polar surface area (TPSA) is 64.3 Å². The molecular formula is C22H25N5O. The van der Waals surface area contributed by atoms with Crippen LogP contribution in [0.3, 0.4) is 0 Å². The zero-order valence-electron chi connectivity index (χ0n) is 16.2. The van der Waals surface area contributed by atoms with Crippen LogP contribution in [0, 0.1) is 0 Å². The Bertz CT molecular complexity index is 933. The first-order chi connectivity index (χ1) is 13.6. The van der Waals surface area contributed by atoms with Gasteiger partial charge in [-0.05, 0) is 36.2 Å². The number of aromatic amines is 1. The Balaban J connectivity index is 1.36. The Morgan fingerprint density at radius 3 is 2.61 bits per heavy atom. The second-order valence-corrected chi connectivity index (χ2v) is 7.35. The van der Waals surface area contributed by atoms with Crippen molar-refractivity contribution in [2.45, 2.75) is 12.5 Å². The second kappa shape index (κ2) is 7.76. The third kappa shape index (κ3) is 3.86. The zero-order chi connectivity index (χ0) is 19.5. The van der Waals surface area contributed by atoms with Gasteiger partial charge in [0.15, 0.2) is 5.82 Å². The van der Waals surface area contributed by atoms with E-state index < -0.39 is 0 Å². The number of hydrogen-bond acceptors (Lipinski definition) is 4. The van der Waals surface area contributed by atoms with Gasteiger partial charge in [-0.15, -0.1) is 0 Å². The first-order valence-electron chi connectivity index (χ1n) is 9.54. The van der Waals surface area contributed by atoms with Crippen LogP contribution in [0.15, 0.2) is 60.7 Å². The van der Waals surface area contributed by atoms with Gasteiger partial charge in [-0.3, -0.25) is 9.89 Å². The standard InChI is InChI=1S/C22H25N5O/c1-26(2)19-10-8-17(9-11-19)22(28)23-18-12-13-27(15-18)21-14-20(24-25-21)16-6-4-3-5-7-16/h3-11,14,18H,12-13,15H2,1-2H3,(H,23,28)(H,24,25). The molecule has 1 amide bonds. The first kappa shape index (κ1) is 18.1. The monoisotopic (exact) mass is 375 g/mol. The van der Waals surface area contributed by atoms with Crippen molar-refractivity contribution < 1.29 is 4.79 Å². The maximum absolute atomic E-state index is 12.5. The largest absolute Gasteiger partial charge is 0.378 e. The minimum Gasteiger partial charge on any atom is -0.378 e. The highest BCUT2D eigenvalue weighted by Crippen LogP contribution is 2.24. The smallest absolute Gasteiger partial charge is 0.251 e. The maximum atomic E-state index is 12.5. The summed E-state index contributed by atoms with van der Waals surface area (Å²) in [6.45, 7) is 1.64. The van der Waals surface area contributed by atoms with E-state index >= 15 is 0 Å². The summed E-state index contributed by atoms with van der Waals surface area (Å²) in [5.41, 5.74) is 3.89. The third-order valence-electron chi connectivity index (χ3n) is 5.14. The van der Waals surface area contributed by atoms with E-state index in [9.17, 15) is 4.79 Å². The normalized spacial score (nSPS) is 16.2. The number of H-pyrrole nitrogens is 1. The average molecular weight is 375 g/mol. The number of rotatable bonds is 5. The van der Waals surface area contributed by atoms with E-state index in [-0.39, 0.29) is 11.9 Å². The summed E-state index contributed by atoms with van der Waals surface area (Å²) in [6, 6.07) is 20.0. The SMILES string of the molecule is CN(C)c1ccc(C(=O)NC2CCN(c3cc(-c4ccccc4)[nH]n3)C2)cc1. The van der Waals surface area contributed by atoms with E-state index in [1.165, 1.54) is 0 Å². The summed E-state index contributed by atoms with van der Waals surface area (Å²) in [4.78, 5) is 16.8. The van der Waals surface area contributed by atoms with Crippen LogP contribution in [0.5, 0.6) is 0 Å². The number of anilines is 2. The highest BCUT2D eigenvalue weighted by molar-refractivity contribution is 5.94. The highest BCUT2D eigenvalue weighted by Gasteiger charge is 2.26. The summed E-state index contributed by atoms with van der Waals surface area (Å²) >= 11 is 0. The molecule has 1 fully saturated rings. The van der Waals surface area contributed by atoms with E-state index in [1.807, 2.05) is 61.5 Å². The molecule has 0 saturated carbocycles. The van der Waals surface area contributed by atoms with Crippen molar-refractivity contribution in [3.8, 4) is 11.3 Å². The van der Waals surface area contributed by atoms with E-state index in [0.29, 0.717) is 5.56 Å². The van der Waals surface area contributed by atoms with Gasteiger partial charge >= 0.3 is 0 Å². The molecule has 1 unspecified atom stereocenters. The molecular weight excluding hydrogens is 350 g/mol. The molecule has 2 aromatic carbocycles. The van der Waals surface area contributed by atoms with Gasteiger partial charge in [0, 0.05) is 50.5 Å². The molecule has 0 spiro atoms. The lowest BCUT2D eigenvalue weighted by Gasteiger charge is -2.16.